The largest absolute Gasteiger partial charge is 0.467 e. The minimum atomic E-state index is -0.193. The lowest BCUT2D eigenvalue weighted by Gasteiger charge is -2.16. The molecule has 0 fully saturated rings. The standard InChI is InChI=1S/C22H26ClN3O3S/c1-14(2)6-7-15(3)24-20(27)13-30-22-25-19-11-16(23)8-9-18(19)21(28)26(22)12-17-5-4-10-29-17/h4-5,8-11,14-15H,6-7,12-13H2,1-3H3,(H,24,27)/t15-/m1/s1. The second-order valence-electron chi connectivity index (χ2n) is 7.75. The summed E-state index contributed by atoms with van der Waals surface area (Å²) in [6.07, 6.45) is 3.56. The molecule has 3 rings (SSSR count). The second-order valence-corrected chi connectivity index (χ2v) is 9.13. The molecule has 2 aromatic heterocycles. The molecule has 2 heterocycles. The highest BCUT2D eigenvalue weighted by atomic mass is 35.5. The molecule has 6 nitrogen and oxygen atoms in total. The quantitative estimate of drug-likeness (QED) is 0.379. The van der Waals surface area contributed by atoms with Crippen LogP contribution >= 0.6 is 23.4 Å². The summed E-state index contributed by atoms with van der Waals surface area (Å²) in [7, 11) is 0. The second kappa shape index (κ2) is 10.2. The zero-order valence-corrected chi connectivity index (χ0v) is 18.9. The molecule has 3 aromatic rings. The van der Waals surface area contributed by atoms with Gasteiger partial charge in [0.2, 0.25) is 5.91 Å². The third kappa shape index (κ3) is 5.89. The number of benzene rings is 1. The molecule has 0 saturated carbocycles. The normalized spacial score (nSPS) is 12.4. The smallest absolute Gasteiger partial charge is 0.262 e. The van der Waals surface area contributed by atoms with Crippen molar-refractivity contribution in [1.82, 2.24) is 14.9 Å². The van der Waals surface area contributed by atoms with Crippen molar-refractivity contribution >= 4 is 40.2 Å². The predicted molar refractivity (Wildman–Crippen MR) is 121 cm³/mol. The number of nitrogens with zero attached hydrogens (tertiary/aromatic N) is 2. The molecule has 1 aromatic carbocycles. The fraction of sp³-hybridized carbons (Fsp3) is 0.409. The summed E-state index contributed by atoms with van der Waals surface area (Å²) < 4.78 is 6.94. The van der Waals surface area contributed by atoms with Crippen LogP contribution in [-0.2, 0) is 11.3 Å². The number of hydrogen-bond acceptors (Lipinski definition) is 5. The van der Waals surface area contributed by atoms with Gasteiger partial charge in [0.05, 0.1) is 29.5 Å². The molecule has 0 aliphatic heterocycles. The van der Waals surface area contributed by atoms with Crippen LogP contribution in [0.2, 0.25) is 5.02 Å². The summed E-state index contributed by atoms with van der Waals surface area (Å²) >= 11 is 7.31. The molecule has 1 amide bonds. The molecule has 0 bridgehead atoms. The van der Waals surface area contributed by atoms with E-state index in [0.29, 0.717) is 32.8 Å². The number of aromatic nitrogens is 2. The summed E-state index contributed by atoms with van der Waals surface area (Å²) in [6, 6.07) is 8.68. The number of rotatable bonds is 9. The van der Waals surface area contributed by atoms with Crippen LogP contribution in [0.3, 0.4) is 0 Å². The molecule has 0 unspecified atom stereocenters. The predicted octanol–water partition coefficient (Wildman–Crippen LogP) is 4.72. The van der Waals surface area contributed by atoms with E-state index in [9.17, 15) is 9.59 Å². The molecule has 0 saturated heterocycles. The van der Waals surface area contributed by atoms with Gasteiger partial charge in [-0.05, 0) is 56.0 Å². The first-order valence-electron chi connectivity index (χ1n) is 9.98. The van der Waals surface area contributed by atoms with Gasteiger partial charge in [-0.1, -0.05) is 37.2 Å². The number of carbonyl (C=O) groups excluding carboxylic acids is 1. The number of fused-ring (bicyclic) bond motifs is 1. The molecular weight excluding hydrogens is 422 g/mol. The van der Waals surface area contributed by atoms with Gasteiger partial charge in [-0.15, -0.1) is 0 Å². The Labute approximate surface area is 185 Å². The average Bonchev–Trinajstić information content (AvgIpc) is 3.20. The summed E-state index contributed by atoms with van der Waals surface area (Å²) in [6.45, 7) is 6.58. The minimum Gasteiger partial charge on any atom is -0.467 e. The van der Waals surface area contributed by atoms with E-state index in [-0.39, 0.29) is 29.8 Å². The molecule has 0 aliphatic carbocycles. The van der Waals surface area contributed by atoms with E-state index in [1.807, 2.05) is 6.92 Å². The van der Waals surface area contributed by atoms with Gasteiger partial charge in [-0.3, -0.25) is 14.2 Å². The van der Waals surface area contributed by atoms with E-state index < -0.39 is 0 Å². The van der Waals surface area contributed by atoms with Gasteiger partial charge in [-0.25, -0.2) is 4.98 Å². The first kappa shape index (κ1) is 22.4. The van der Waals surface area contributed by atoms with E-state index in [0.717, 1.165) is 12.8 Å². The maximum atomic E-state index is 13.1. The number of carbonyl (C=O) groups is 1. The van der Waals surface area contributed by atoms with Gasteiger partial charge in [-0.2, -0.15) is 0 Å². The fourth-order valence-corrected chi connectivity index (χ4v) is 4.06. The first-order chi connectivity index (χ1) is 14.3. The summed E-state index contributed by atoms with van der Waals surface area (Å²) in [4.78, 5) is 30.1. The number of halogens is 1. The Morgan fingerprint density at radius 3 is 2.77 bits per heavy atom. The highest BCUT2D eigenvalue weighted by molar-refractivity contribution is 7.99. The summed E-state index contributed by atoms with van der Waals surface area (Å²) in [5.41, 5.74) is 0.317. The average molecular weight is 448 g/mol. The van der Waals surface area contributed by atoms with Gasteiger partial charge in [0.25, 0.3) is 5.56 Å². The van der Waals surface area contributed by atoms with Crippen molar-refractivity contribution in [3.63, 3.8) is 0 Å². The highest BCUT2D eigenvalue weighted by Crippen LogP contribution is 2.21. The van der Waals surface area contributed by atoms with Crippen molar-refractivity contribution in [2.75, 3.05) is 5.75 Å². The van der Waals surface area contributed by atoms with Crippen LogP contribution in [0.1, 0.15) is 39.4 Å². The molecule has 30 heavy (non-hydrogen) atoms. The van der Waals surface area contributed by atoms with Crippen molar-refractivity contribution in [2.24, 2.45) is 5.92 Å². The first-order valence-corrected chi connectivity index (χ1v) is 11.3. The zero-order chi connectivity index (χ0) is 21.7. The van der Waals surface area contributed by atoms with Crippen molar-refractivity contribution in [1.29, 1.82) is 0 Å². The number of thioether (sulfide) groups is 1. The minimum absolute atomic E-state index is 0.0822. The highest BCUT2D eigenvalue weighted by Gasteiger charge is 2.16. The Hall–Kier alpha value is -2.25. The molecule has 1 atom stereocenters. The monoisotopic (exact) mass is 447 g/mol. The third-order valence-corrected chi connectivity index (χ3v) is 5.90. The van der Waals surface area contributed by atoms with E-state index >= 15 is 0 Å². The van der Waals surface area contributed by atoms with Crippen LogP contribution in [-0.4, -0.2) is 27.3 Å². The van der Waals surface area contributed by atoms with E-state index in [1.54, 1.807) is 36.6 Å². The van der Waals surface area contributed by atoms with Crippen molar-refractivity contribution in [3.05, 3.63) is 57.7 Å². The zero-order valence-electron chi connectivity index (χ0n) is 17.4. The Balaban J connectivity index is 1.80. The van der Waals surface area contributed by atoms with Gasteiger partial charge in [0.15, 0.2) is 5.16 Å². The Morgan fingerprint density at radius 1 is 1.27 bits per heavy atom. The topological polar surface area (TPSA) is 77.1 Å². The lowest BCUT2D eigenvalue weighted by atomic mass is 10.0. The van der Waals surface area contributed by atoms with Crippen molar-refractivity contribution < 1.29 is 9.21 Å². The summed E-state index contributed by atoms with van der Waals surface area (Å²) in [5, 5.41) is 4.45. The maximum absolute atomic E-state index is 13.1. The molecule has 0 spiro atoms. The van der Waals surface area contributed by atoms with Crippen LogP contribution in [0.25, 0.3) is 10.9 Å². The fourth-order valence-electron chi connectivity index (χ4n) is 3.08. The molecule has 1 N–H and O–H groups in total. The molecule has 8 heteroatoms. The Bertz CT molecular complexity index is 1060. The number of amides is 1. The SMILES string of the molecule is CC(C)CC[C@@H](C)NC(=O)CSc1nc2cc(Cl)ccc2c(=O)n1Cc1ccco1. The van der Waals surface area contributed by atoms with Crippen LogP contribution in [0.15, 0.2) is 51.0 Å². The molecule has 160 valence electrons. The third-order valence-electron chi connectivity index (χ3n) is 4.69. The van der Waals surface area contributed by atoms with Crippen molar-refractivity contribution in [3.8, 4) is 0 Å². The van der Waals surface area contributed by atoms with Gasteiger partial charge in [0, 0.05) is 11.1 Å². The molecule has 0 radical (unpaired) electrons. The van der Waals surface area contributed by atoms with Gasteiger partial charge >= 0.3 is 0 Å². The lowest BCUT2D eigenvalue weighted by molar-refractivity contribution is -0.119. The van der Waals surface area contributed by atoms with Crippen molar-refractivity contribution in [2.45, 2.75) is 51.4 Å². The van der Waals surface area contributed by atoms with Crippen LogP contribution in [0.4, 0.5) is 0 Å². The number of hydrogen-bond donors (Lipinski definition) is 1. The van der Waals surface area contributed by atoms with Crippen LogP contribution < -0.4 is 10.9 Å². The number of furan rings is 1. The van der Waals surface area contributed by atoms with E-state index in [2.05, 4.69) is 24.1 Å². The Morgan fingerprint density at radius 2 is 2.07 bits per heavy atom. The lowest BCUT2D eigenvalue weighted by Crippen LogP contribution is -2.34. The van der Waals surface area contributed by atoms with E-state index in [1.165, 1.54) is 16.3 Å². The summed E-state index contributed by atoms with van der Waals surface area (Å²) in [5.74, 6) is 1.33. The van der Waals surface area contributed by atoms with Gasteiger partial charge in [0.1, 0.15) is 5.76 Å². The Kier molecular flexibility index (Phi) is 7.61. The maximum Gasteiger partial charge on any atom is 0.262 e. The van der Waals surface area contributed by atoms with Crippen LogP contribution in [0, 0.1) is 5.92 Å². The molecular formula is C22H26ClN3O3S. The van der Waals surface area contributed by atoms with E-state index in [4.69, 9.17) is 16.0 Å². The van der Waals surface area contributed by atoms with Crippen LogP contribution in [0.5, 0.6) is 0 Å². The molecule has 0 aliphatic rings. The number of nitrogens with one attached hydrogen (secondary N) is 1. The van der Waals surface area contributed by atoms with Gasteiger partial charge < -0.3 is 9.73 Å².